The standard InChI is InChI=1S/C18H20O2/c1-3-14(2)18(19)20-13-15-9-11-17(12-10-15)16-7-5-4-6-8-16/h4-12,14H,3,13H2,1-2H3. The predicted molar refractivity (Wildman–Crippen MR) is 81.1 cm³/mol. The highest BCUT2D eigenvalue weighted by Crippen LogP contribution is 2.19. The minimum absolute atomic E-state index is 0.0291. The summed E-state index contributed by atoms with van der Waals surface area (Å²) >= 11 is 0. The molecule has 0 aromatic heterocycles. The predicted octanol–water partition coefficient (Wildman–Crippen LogP) is 4.44. The van der Waals surface area contributed by atoms with Gasteiger partial charge < -0.3 is 4.74 Å². The smallest absolute Gasteiger partial charge is 0.308 e. The molecule has 0 aliphatic carbocycles. The minimum atomic E-state index is -0.125. The van der Waals surface area contributed by atoms with E-state index in [-0.39, 0.29) is 11.9 Å². The number of hydrogen-bond acceptors (Lipinski definition) is 2. The Morgan fingerprint density at radius 3 is 2.20 bits per heavy atom. The van der Waals surface area contributed by atoms with Gasteiger partial charge in [-0.25, -0.2) is 0 Å². The summed E-state index contributed by atoms with van der Waals surface area (Å²) in [5.41, 5.74) is 3.37. The molecule has 1 atom stereocenters. The van der Waals surface area contributed by atoms with E-state index in [1.54, 1.807) is 0 Å². The molecule has 20 heavy (non-hydrogen) atoms. The van der Waals surface area contributed by atoms with E-state index >= 15 is 0 Å². The monoisotopic (exact) mass is 268 g/mol. The first-order chi connectivity index (χ1) is 9.70. The molecule has 0 radical (unpaired) electrons. The molecule has 0 heterocycles. The van der Waals surface area contributed by atoms with Gasteiger partial charge in [-0.2, -0.15) is 0 Å². The van der Waals surface area contributed by atoms with Gasteiger partial charge >= 0.3 is 5.97 Å². The second kappa shape index (κ2) is 6.90. The van der Waals surface area contributed by atoms with E-state index in [2.05, 4.69) is 24.3 Å². The number of esters is 1. The van der Waals surface area contributed by atoms with Gasteiger partial charge in [-0.1, -0.05) is 68.4 Å². The maximum atomic E-state index is 11.6. The van der Waals surface area contributed by atoms with E-state index in [9.17, 15) is 4.79 Å². The van der Waals surface area contributed by atoms with Crippen molar-refractivity contribution in [3.8, 4) is 11.1 Å². The Hall–Kier alpha value is -2.09. The molecule has 0 N–H and O–H groups in total. The van der Waals surface area contributed by atoms with Gasteiger partial charge in [0.2, 0.25) is 0 Å². The lowest BCUT2D eigenvalue weighted by molar-refractivity contribution is -0.149. The molecule has 0 amide bonds. The topological polar surface area (TPSA) is 26.3 Å². The summed E-state index contributed by atoms with van der Waals surface area (Å²) in [5, 5.41) is 0. The van der Waals surface area contributed by atoms with Crippen molar-refractivity contribution in [2.45, 2.75) is 26.9 Å². The maximum Gasteiger partial charge on any atom is 0.308 e. The Labute approximate surface area is 120 Å². The highest BCUT2D eigenvalue weighted by molar-refractivity contribution is 5.72. The second-order valence-electron chi connectivity index (χ2n) is 4.98. The summed E-state index contributed by atoms with van der Waals surface area (Å²) in [4.78, 5) is 11.6. The van der Waals surface area contributed by atoms with Crippen LogP contribution in [0.4, 0.5) is 0 Å². The van der Waals surface area contributed by atoms with Crippen molar-refractivity contribution in [1.29, 1.82) is 0 Å². The van der Waals surface area contributed by atoms with Crippen LogP contribution in [0.15, 0.2) is 54.6 Å². The fraction of sp³-hybridized carbons (Fsp3) is 0.278. The number of carbonyl (C=O) groups excluding carboxylic acids is 1. The van der Waals surface area contributed by atoms with Crippen molar-refractivity contribution < 1.29 is 9.53 Å². The zero-order chi connectivity index (χ0) is 14.4. The van der Waals surface area contributed by atoms with E-state index in [4.69, 9.17) is 4.74 Å². The highest BCUT2D eigenvalue weighted by atomic mass is 16.5. The maximum absolute atomic E-state index is 11.6. The number of carbonyl (C=O) groups is 1. The first kappa shape index (κ1) is 14.3. The van der Waals surface area contributed by atoms with Crippen molar-refractivity contribution in [2.24, 2.45) is 5.92 Å². The van der Waals surface area contributed by atoms with Gasteiger partial charge in [0.05, 0.1) is 5.92 Å². The first-order valence-electron chi connectivity index (χ1n) is 7.01. The zero-order valence-corrected chi connectivity index (χ0v) is 12.0. The van der Waals surface area contributed by atoms with Gasteiger partial charge in [-0.15, -0.1) is 0 Å². The van der Waals surface area contributed by atoms with Gasteiger partial charge in [0.15, 0.2) is 0 Å². The van der Waals surface area contributed by atoms with Crippen molar-refractivity contribution in [1.82, 2.24) is 0 Å². The van der Waals surface area contributed by atoms with Crippen LogP contribution in [-0.2, 0) is 16.1 Å². The number of benzene rings is 2. The Kier molecular flexibility index (Phi) is 4.94. The normalized spacial score (nSPS) is 11.9. The molecule has 2 rings (SSSR count). The molecule has 0 saturated heterocycles. The molecule has 0 saturated carbocycles. The SMILES string of the molecule is CCC(C)C(=O)OCc1ccc(-c2ccccc2)cc1. The number of ether oxygens (including phenoxy) is 1. The Morgan fingerprint density at radius 1 is 1.00 bits per heavy atom. The van der Waals surface area contributed by atoms with Gasteiger partial charge in [-0.3, -0.25) is 4.79 Å². The van der Waals surface area contributed by atoms with Crippen LogP contribution in [0.5, 0.6) is 0 Å². The quantitative estimate of drug-likeness (QED) is 0.749. The molecule has 0 bridgehead atoms. The molecular weight excluding hydrogens is 248 g/mol. The van der Waals surface area contributed by atoms with Crippen LogP contribution in [0.1, 0.15) is 25.8 Å². The lowest BCUT2D eigenvalue weighted by atomic mass is 10.0. The molecule has 2 nitrogen and oxygen atoms in total. The summed E-state index contributed by atoms with van der Waals surface area (Å²) in [7, 11) is 0. The van der Waals surface area contributed by atoms with E-state index in [0.29, 0.717) is 6.61 Å². The average molecular weight is 268 g/mol. The Bertz CT molecular complexity index is 543. The molecule has 0 aliphatic rings. The molecular formula is C18H20O2. The Morgan fingerprint density at radius 2 is 1.60 bits per heavy atom. The van der Waals surface area contributed by atoms with Crippen LogP contribution >= 0.6 is 0 Å². The fourth-order valence-corrected chi connectivity index (χ4v) is 1.89. The minimum Gasteiger partial charge on any atom is -0.461 e. The molecule has 2 aromatic rings. The third-order valence-corrected chi connectivity index (χ3v) is 3.46. The highest BCUT2D eigenvalue weighted by Gasteiger charge is 2.11. The van der Waals surface area contributed by atoms with Crippen LogP contribution in [0.2, 0.25) is 0 Å². The van der Waals surface area contributed by atoms with Crippen molar-refractivity contribution in [3.05, 3.63) is 60.2 Å². The number of hydrogen-bond donors (Lipinski definition) is 0. The van der Waals surface area contributed by atoms with Gasteiger partial charge in [0, 0.05) is 0 Å². The van der Waals surface area contributed by atoms with Crippen LogP contribution in [0, 0.1) is 5.92 Å². The molecule has 0 aliphatic heterocycles. The third-order valence-electron chi connectivity index (χ3n) is 3.46. The summed E-state index contributed by atoms with van der Waals surface area (Å²) in [5.74, 6) is -0.154. The van der Waals surface area contributed by atoms with Crippen molar-refractivity contribution in [2.75, 3.05) is 0 Å². The fourth-order valence-electron chi connectivity index (χ4n) is 1.89. The summed E-state index contributed by atoms with van der Waals surface area (Å²) in [6, 6.07) is 18.3. The van der Waals surface area contributed by atoms with Crippen LogP contribution in [0.25, 0.3) is 11.1 Å². The van der Waals surface area contributed by atoms with E-state index in [1.807, 2.05) is 44.2 Å². The second-order valence-corrected chi connectivity index (χ2v) is 4.98. The first-order valence-corrected chi connectivity index (χ1v) is 7.01. The molecule has 0 fully saturated rings. The van der Waals surface area contributed by atoms with Gasteiger partial charge in [0.25, 0.3) is 0 Å². The van der Waals surface area contributed by atoms with Crippen LogP contribution in [0.3, 0.4) is 0 Å². The van der Waals surface area contributed by atoms with Crippen molar-refractivity contribution >= 4 is 5.97 Å². The van der Waals surface area contributed by atoms with E-state index < -0.39 is 0 Å². The van der Waals surface area contributed by atoms with Gasteiger partial charge in [-0.05, 0) is 23.1 Å². The lowest BCUT2D eigenvalue weighted by Gasteiger charge is -2.09. The molecule has 2 heteroatoms. The van der Waals surface area contributed by atoms with Crippen LogP contribution < -0.4 is 0 Å². The van der Waals surface area contributed by atoms with Gasteiger partial charge in [0.1, 0.15) is 6.61 Å². The lowest BCUT2D eigenvalue weighted by Crippen LogP contribution is -2.13. The van der Waals surface area contributed by atoms with Crippen molar-refractivity contribution in [3.63, 3.8) is 0 Å². The third kappa shape index (κ3) is 3.70. The average Bonchev–Trinajstić information content (AvgIpc) is 2.53. The van der Waals surface area contributed by atoms with E-state index in [0.717, 1.165) is 12.0 Å². The van der Waals surface area contributed by atoms with Crippen LogP contribution in [-0.4, -0.2) is 5.97 Å². The van der Waals surface area contributed by atoms with E-state index in [1.165, 1.54) is 11.1 Å². The summed E-state index contributed by atoms with van der Waals surface area (Å²) in [6.07, 6.45) is 0.811. The zero-order valence-electron chi connectivity index (χ0n) is 12.0. The molecule has 0 spiro atoms. The molecule has 104 valence electrons. The Balaban J connectivity index is 1.97. The largest absolute Gasteiger partial charge is 0.461 e. The number of rotatable bonds is 5. The molecule has 1 unspecified atom stereocenters. The summed E-state index contributed by atoms with van der Waals surface area (Å²) in [6.45, 7) is 4.22. The molecule has 2 aromatic carbocycles. The summed E-state index contributed by atoms with van der Waals surface area (Å²) < 4.78 is 5.29.